The van der Waals surface area contributed by atoms with Crippen LogP contribution in [0.5, 0.6) is 0 Å². The maximum Gasteiger partial charge on any atom is 0.230 e. The van der Waals surface area contributed by atoms with Crippen molar-refractivity contribution in [3.05, 3.63) is 29.8 Å². The first kappa shape index (κ1) is 13.8. The van der Waals surface area contributed by atoms with Crippen molar-refractivity contribution < 1.29 is 4.74 Å². The van der Waals surface area contributed by atoms with Crippen molar-refractivity contribution in [2.45, 2.75) is 6.92 Å². The van der Waals surface area contributed by atoms with Crippen LogP contribution in [0.15, 0.2) is 24.3 Å². The molecule has 6 heteroatoms. The summed E-state index contributed by atoms with van der Waals surface area (Å²) in [5, 5.41) is 3.01. The van der Waals surface area contributed by atoms with Gasteiger partial charge in [0.15, 0.2) is 5.82 Å². The highest BCUT2D eigenvalue weighted by Crippen LogP contribution is 2.20. The Labute approximate surface area is 124 Å². The number of hydrogen-bond donors (Lipinski definition) is 1. The smallest absolute Gasteiger partial charge is 0.230 e. The van der Waals surface area contributed by atoms with Crippen LogP contribution in [0.25, 0.3) is 11.4 Å². The van der Waals surface area contributed by atoms with E-state index < -0.39 is 0 Å². The van der Waals surface area contributed by atoms with Crippen LogP contribution in [0.3, 0.4) is 0 Å². The Kier molecular flexibility index (Phi) is 3.96. The second kappa shape index (κ2) is 6.05. The van der Waals surface area contributed by atoms with Crippen LogP contribution in [-0.4, -0.2) is 48.3 Å². The van der Waals surface area contributed by atoms with E-state index in [1.807, 2.05) is 19.2 Å². The summed E-state index contributed by atoms with van der Waals surface area (Å²) >= 11 is 0. The van der Waals surface area contributed by atoms with Crippen molar-refractivity contribution in [1.29, 1.82) is 0 Å². The highest BCUT2D eigenvalue weighted by atomic mass is 16.5. The van der Waals surface area contributed by atoms with E-state index in [9.17, 15) is 0 Å². The molecule has 21 heavy (non-hydrogen) atoms. The minimum atomic E-state index is 0.585. The van der Waals surface area contributed by atoms with Gasteiger partial charge < -0.3 is 15.0 Å². The van der Waals surface area contributed by atoms with E-state index in [-0.39, 0.29) is 0 Å². The number of benzene rings is 1. The topological polar surface area (TPSA) is 63.2 Å². The molecule has 2 heterocycles. The first-order valence-corrected chi connectivity index (χ1v) is 7.10. The number of aromatic nitrogens is 3. The predicted molar refractivity (Wildman–Crippen MR) is 82.6 cm³/mol. The lowest BCUT2D eigenvalue weighted by molar-refractivity contribution is 0.122. The highest BCUT2D eigenvalue weighted by molar-refractivity contribution is 5.58. The van der Waals surface area contributed by atoms with Crippen LogP contribution in [-0.2, 0) is 4.74 Å². The summed E-state index contributed by atoms with van der Waals surface area (Å²) in [7, 11) is 1.82. The standard InChI is InChI=1S/C15H19N5O/c1-11-3-5-12(6-4-11)13-17-14(16-2)19-15(18-13)20-7-9-21-10-8-20/h3-6H,7-10H2,1-2H3,(H,16,17,18,19). The molecule has 2 aromatic rings. The van der Waals surface area contributed by atoms with E-state index in [1.54, 1.807) is 0 Å². The quantitative estimate of drug-likeness (QED) is 0.926. The summed E-state index contributed by atoms with van der Waals surface area (Å²) in [6.07, 6.45) is 0. The van der Waals surface area contributed by atoms with Crippen LogP contribution in [0.2, 0.25) is 0 Å². The molecule has 1 saturated heterocycles. The molecule has 1 aliphatic rings. The van der Waals surface area contributed by atoms with Gasteiger partial charge >= 0.3 is 0 Å². The normalized spacial score (nSPS) is 15.0. The number of aryl methyl sites for hydroxylation is 1. The fraction of sp³-hybridized carbons (Fsp3) is 0.400. The minimum absolute atomic E-state index is 0.585. The van der Waals surface area contributed by atoms with Crippen LogP contribution in [0, 0.1) is 6.92 Å². The van der Waals surface area contributed by atoms with Gasteiger partial charge in [0.2, 0.25) is 11.9 Å². The molecular weight excluding hydrogens is 266 g/mol. The van der Waals surface area contributed by atoms with E-state index in [1.165, 1.54) is 5.56 Å². The number of anilines is 2. The maximum absolute atomic E-state index is 5.38. The number of hydrogen-bond acceptors (Lipinski definition) is 6. The average Bonchev–Trinajstić information content (AvgIpc) is 2.56. The van der Waals surface area contributed by atoms with Gasteiger partial charge in [-0.1, -0.05) is 29.8 Å². The number of ether oxygens (including phenoxy) is 1. The molecule has 0 atom stereocenters. The van der Waals surface area contributed by atoms with Crippen molar-refractivity contribution in [3.63, 3.8) is 0 Å². The van der Waals surface area contributed by atoms with Crippen molar-refractivity contribution in [3.8, 4) is 11.4 Å². The van der Waals surface area contributed by atoms with Gasteiger partial charge in [0, 0.05) is 25.7 Å². The van der Waals surface area contributed by atoms with E-state index in [4.69, 9.17) is 4.74 Å². The molecule has 1 aromatic heterocycles. The molecule has 3 rings (SSSR count). The molecule has 0 bridgehead atoms. The largest absolute Gasteiger partial charge is 0.378 e. The zero-order chi connectivity index (χ0) is 14.7. The monoisotopic (exact) mass is 285 g/mol. The molecular formula is C15H19N5O. The van der Waals surface area contributed by atoms with Gasteiger partial charge in [-0.25, -0.2) is 0 Å². The van der Waals surface area contributed by atoms with E-state index >= 15 is 0 Å². The molecule has 1 N–H and O–H groups in total. The van der Waals surface area contributed by atoms with Gasteiger partial charge in [-0.15, -0.1) is 0 Å². The SMILES string of the molecule is CNc1nc(-c2ccc(C)cc2)nc(N2CCOCC2)n1. The molecule has 1 aromatic carbocycles. The van der Waals surface area contributed by atoms with Crippen LogP contribution >= 0.6 is 0 Å². The van der Waals surface area contributed by atoms with E-state index in [0.29, 0.717) is 30.9 Å². The van der Waals surface area contributed by atoms with Crippen molar-refractivity contribution >= 4 is 11.9 Å². The van der Waals surface area contributed by atoms with E-state index in [2.05, 4.69) is 44.2 Å². The summed E-state index contributed by atoms with van der Waals surface area (Å²) in [5.74, 6) is 1.98. The van der Waals surface area contributed by atoms with Crippen molar-refractivity contribution in [1.82, 2.24) is 15.0 Å². The third-order valence-corrected chi connectivity index (χ3v) is 3.45. The molecule has 0 aliphatic carbocycles. The number of rotatable bonds is 3. The van der Waals surface area contributed by atoms with Crippen LogP contribution < -0.4 is 10.2 Å². The van der Waals surface area contributed by atoms with Crippen molar-refractivity contribution in [2.24, 2.45) is 0 Å². The van der Waals surface area contributed by atoms with Gasteiger partial charge in [0.1, 0.15) is 0 Å². The Balaban J connectivity index is 1.98. The molecule has 0 amide bonds. The predicted octanol–water partition coefficient (Wildman–Crippen LogP) is 1.73. The molecule has 110 valence electrons. The molecule has 6 nitrogen and oxygen atoms in total. The lowest BCUT2D eigenvalue weighted by Crippen LogP contribution is -2.37. The van der Waals surface area contributed by atoms with Crippen molar-refractivity contribution in [2.75, 3.05) is 43.6 Å². The van der Waals surface area contributed by atoms with E-state index in [0.717, 1.165) is 18.7 Å². The lowest BCUT2D eigenvalue weighted by Gasteiger charge is -2.27. The van der Waals surface area contributed by atoms with Gasteiger partial charge in [0.05, 0.1) is 13.2 Å². The fourth-order valence-corrected chi connectivity index (χ4v) is 2.21. The second-order valence-electron chi connectivity index (χ2n) is 5.00. The minimum Gasteiger partial charge on any atom is -0.378 e. The summed E-state index contributed by atoms with van der Waals surface area (Å²) in [5.41, 5.74) is 2.21. The Morgan fingerprint density at radius 3 is 2.43 bits per heavy atom. The fourth-order valence-electron chi connectivity index (χ4n) is 2.21. The lowest BCUT2D eigenvalue weighted by atomic mass is 10.1. The van der Waals surface area contributed by atoms with Gasteiger partial charge in [-0.05, 0) is 6.92 Å². The molecule has 0 radical (unpaired) electrons. The zero-order valence-corrected chi connectivity index (χ0v) is 12.3. The summed E-state index contributed by atoms with van der Waals surface area (Å²) in [6, 6.07) is 8.19. The second-order valence-corrected chi connectivity index (χ2v) is 5.00. The summed E-state index contributed by atoms with van der Waals surface area (Å²) in [6.45, 7) is 5.09. The van der Waals surface area contributed by atoms with Gasteiger partial charge in [0.25, 0.3) is 0 Å². The Bertz CT molecular complexity index is 608. The number of morpholine rings is 1. The first-order chi connectivity index (χ1) is 10.3. The maximum atomic E-state index is 5.38. The Hall–Kier alpha value is -2.21. The van der Waals surface area contributed by atoms with Gasteiger partial charge in [-0.2, -0.15) is 15.0 Å². The molecule has 0 saturated carbocycles. The summed E-state index contributed by atoms with van der Waals surface area (Å²) < 4.78 is 5.38. The number of nitrogens with zero attached hydrogens (tertiary/aromatic N) is 4. The van der Waals surface area contributed by atoms with Crippen LogP contribution in [0.1, 0.15) is 5.56 Å². The molecule has 1 aliphatic heterocycles. The molecule has 0 spiro atoms. The third kappa shape index (κ3) is 3.11. The Morgan fingerprint density at radius 2 is 1.76 bits per heavy atom. The number of nitrogens with one attached hydrogen (secondary N) is 1. The summed E-state index contributed by atoms with van der Waals surface area (Å²) in [4.78, 5) is 15.7. The highest BCUT2D eigenvalue weighted by Gasteiger charge is 2.16. The van der Waals surface area contributed by atoms with Crippen LogP contribution in [0.4, 0.5) is 11.9 Å². The molecule has 0 unspecified atom stereocenters. The third-order valence-electron chi connectivity index (χ3n) is 3.45. The zero-order valence-electron chi connectivity index (χ0n) is 12.3. The average molecular weight is 285 g/mol. The Morgan fingerprint density at radius 1 is 1.05 bits per heavy atom. The van der Waals surface area contributed by atoms with Gasteiger partial charge in [-0.3, -0.25) is 0 Å². The first-order valence-electron chi connectivity index (χ1n) is 7.10. The molecule has 1 fully saturated rings.